The summed E-state index contributed by atoms with van der Waals surface area (Å²) in [6, 6.07) is 4.47. The lowest BCUT2D eigenvalue weighted by Crippen LogP contribution is -1.98. The lowest BCUT2D eigenvalue weighted by molar-refractivity contribution is 0.198. The minimum Gasteiger partial charge on any atom is -0.486 e. The van der Waals surface area contributed by atoms with Crippen molar-refractivity contribution in [2.45, 2.75) is 20.0 Å². The fourth-order valence-electron chi connectivity index (χ4n) is 1.13. The van der Waals surface area contributed by atoms with Gasteiger partial charge in [-0.1, -0.05) is 18.2 Å². The number of ether oxygens (including phenoxy) is 1. The van der Waals surface area contributed by atoms with Gasteiger partial charge in [0.05, 0.1) is 6.10 Å². The Morgan fingerprint density at radius 2 is 2.27 bits per heavy atom. The van der Waals surface area contributed by atoms with Crippen LogP contribution in [0.5, 0.6) is 5.75 Å². The molecule has 15 heavy (non-hydrogen) atoms. The molecule has 0 aliphatic heterocycles. The van der Waals surface area contributed by atoms with E-state index in [2.05, 4.69) is 0 Å². The van der Waals surface area contributed by atoms with Gasteiger partial charge in [0.25, 0.3) is 0 Å². The monoisotopic (exact) mass is 210 g/mol. The molecule has 0 aromatic heterocycles. The van der Waals surface area contributed by atoms with Crippen LogP contribution in [0.1, 0.15) is 25.5 Å². The molecule has 0 heterocycles. The maximum Gasteiger partial charge on any atom is 0.165 e. The van der Waals surface area contributed by atoms with Crippen molar-refractivity contribution >= 4 is 0 Å². The van der Waals surface area contributed by atoms with Gasteiger partial charge in [-0.2, -0.15) is 0 Å². The van der Waals surface area contributed by atoms with E-state index in [1.165, 1.54) is 12.1 Å². The van der Waals surface area contributed by atoms with E-state index in [0.717, 1.165) is 0 Å². The highest BCUT2D eigenvalue weighted by Crippen LogP contribution is 2.21. The van der Waals surface area contributed by atoms with Crippen molar-refractivity contribution in [3.63, 3.8) is 0 Å². The molecule has 1 aromatic carbocycles. The molecular weight excluding hydrogens is 195 g/mol. The van der Waals surface area contributed by atoms with Gasteiger partial charge in [-0.25, -0.2) is 4.39 Å². The van der Waals surface area contributed by atoms with Crippen LogP contribution in [0.15, 0.2) is 30.4 Å². The molecule has 0 bridgehead atoms. The predicted molar refractivity (Wildman–Crippen MR) is 57.3 cm³/mol. The number of aliphatic hydroxyl groups is 1. The van der Waals surface area contributed by atoms with Crippen LogP contribution in [-0.2, 0) is 0 Å². The zero-order valence-corrected chi connectivity index (χ0v) is 8.90. The minimum atomic E-state index is -0.663. The second kappa shape index (κ2) is 5.51. The van der Waals surface area contributed by atoms with Gasteiger partial charge >= 0.3 is 0 Å². The third-order valence-electron chi connectivity index (χ3n) is 2.01. The second-order valence-corrected chi connectivity index (χ2v) is 3.25. The molecule has 0 unspecified atom stereocenters. The van der Waals surface area contributed by atoms with Crippen LogP contribution in [0.4, 0.5) is 4.39 Å². The first-order chi connectivity index (χ1) is 7.15. The Labute approximate surface area is 89.0 Å². The van der Waals surface area contributed by atoms with Crippen molar-refractivity contribution < 1.29 is 14.2 Å². The first kappa shape index (κ1) is 11.7. The summed E-state index contributed by atoms with van der Waals surface area (Å²) in [5.74, 6) is -0.240. The maximum absolute atomic E-state index is 13.4. The number of hydrogen-bond acceptors (Lipinski definition) is 2. The molecule has 1 aromatic rings. The van der Waals surface area contributed by atoms with Crippen LogP contribution in [-0.4, -0.2) is 11.7 Å². The van der Waals surface area contributed by atoms with Gasteiger partial charge in [-0.15, -0.1) is 0 Å². The van der Waals surface area contributed by atoms with Crippen molar-refractivity contribution in [3.8, 4) is 5.75 Å². The SMILES string of the molecule is C/C=C/COc1ccc([C@@H](C)O)cc1F. The summed E-state index contributed by atoms with van der Waals surface area (Å²) in [5, 5.41) is 9.23. The summed E-state index contributed by atoms with van der Waals surface area (Å²) in [6.07, 6.45) is 2.97. The van der Waals surface area contributed by atoms with E-state index in [1.807, 2.05) is 13.0 Å². The molecule has 1 atom stereocenters. The zero-order chi connectivity index (χ0) is 11.3. The standard InChI is InChI=1S/C12H15FO2/c1-3-4-7-15-12-6-5-10(9(2)14)8-11(12)13/h3-6,8-9,14H,7H2,1-2H3/b4-3+/t9-/m1/s1. The van der Waals surface area contributed by atoms with Gasteiger partial charge in [0.2, 0.25) is 0 Å². The molecule has 1 rings (SSSR count). The summed E-state index contributed by atoms with van der Waals surface area (Å²) in [5.41, 5.74) is 0.547. The highest BCUT2D eigenvalue weighted by molar-refractivity contribution is 5.30. The fourth-order valence-corrected chi connectivity index (χ4v) is 1.13. The van der Waals surface area contributed by atoms with Gasteiger partial charge in [0.1, 0.15) is 6.61 Å². The van der Waals surface area contributed by atoms with E-state index in [9.17, 15) is 9.50 Å². The lowest BCUT2D eigenvalue weighted by atomic mass is 10.1. The molecule has 0 fully saturated rings. The number of halogens is 1. The molecule has 0 aliphatic rings. The van der Waals surface area contributed by atoms with Crippen molar-refractivity contribution in [1.82, 2.24) is 0 Å². The first-order valence-corrected chi connectivity index (χ1v) is 4.86. The number of aliphatic hydroxyl groups excluding tert-OH is 1. The van der Waals surface area contributed by atoms with Crippen molar-refractivity contribution in [1.29, 1.82) is 0 Å². The molecule has 0 amide bonds. The molecule has 0 saturated carbocycles. The van der Waals surface area contributed by atoms with Gasteiger partial charge in [0.15, 0.2) is 11.6 Å². The van der Waals surface area contributed by atoms with Gasteiger partial charge in [0, 0.05) is 0 Å². The van der Waals surface area contributed by atoms with Crippen molar-refractivity contribution in [2.24, 2.45) is 0 Å². The van der Waals surface area contributed by atoms with Crippen LogP contribution in [0.3, 0.4) is 0 Å². The van der Waals surface area contributed by atoms with Gasteiger partial charge in [-0.05, 0) is 31.5 Å². The molecule has 1 N–H and O–H groups in total. The molecular formula is C12H15FO2. The number of benzene rings is 1. The topological polar surface area (TPSA) is 29.5 Å². The molecule has 0 spiro atoms. The smallest absolute Gasteiger partial charge is 0.165 e. The Morgan fingerprint density at radius 1 is 1.53 bits per heavy atom. The van der Waals surface area contributed by atoms with Crippen LogP contribution in [0, 0.1) is 5.82 Å². The lowest BCUT2D eigenvalue weighted by Gasteiger charge is -2.08. The molecule has 3 heteroatoms. The van der Waals surface area contributed by atoms with E-state index in [1.54, 1.807) is 19.1 Å². The summed E-state index contributed by atoms with van der Waals surface area (Å²) in [7, 11) is 0. The van der Waals surface area contributed by atoms with E-state index < -0.39 is 11.9 Å². The van der Waals surface area contributed by atoms with Crippen molar-refractivity contribution in [2.75, 3.05) is 6.61 Å². The molecule has 0 aliphatic carbocycles. The number of rotatable bonds is 4. The number of hydrogen-bond donors (Lipinski definition) is 1. The van der Waals surface area contributed by atoms with Crippen LogP contribution >= 0.6 is 0 Å². The second-order valence-electron chi connectivity index (χ2n) is 3.25. The third-order valence-corrected chi connectivity index (χ3v) is 2.01. The third kappa shape index (κ3) is 3.36. The Balaban J connectivity index is 2.74. The van der Waals surface area contributed by atoms with E-state index in [-0.39, 0.29) is 5.75 Å². The van der Waals surface area contributed by atoms with Crippen LogP contribution < -0.4 is 4.74 Å². The maximum atomic E-state index is 13.4. The average molecular weight is 210 g/mol. The summed E-state index contributed by atoms with van der Waals surface area (Å²) in [6.45, 7) is 3.81. The van der Waals surface area contributed by atoms with Crippen LogP contribution in [0.25, 0.3) is 0 Å². The Morgan fingerprint density at radius 3 is 2.80 bits per heavy atom. The molecule has 0 saturated heterocycles. The molecule has 82 valence electrons. The normalized spacial score (nSPS) is 13.1. The molecule has 2 nitrogen and oxygen atoms in total. The quantitative estimate of drug-likeness (QED) is 0.774. The zero-order valence-electron chi connectivity index (χ0n) is 8.90. The van der Waals surface area contributed by atoms with Gasteiger partial charge < -0.3 is 9.84 Å². The first-order valence-electron chi connectivity index (χ1n) is 4.86. The Hall–Kier alpha value is -1.35. The summed E-state index contributed by atoms with van der Waals surface area (Å²) >= 11 is 0. The Bertz CT molecular complexity index is 345. The largest absolute Gasteiger partial charge is 0.486 e. The van der Waals surface area contributed by atoms with E-state index >= 15 is 0 Å². The fraction of sp³-hybridized carbons (Fsp3) is 0.333. The highest BCUT2D eigenvalue weighted by Gasteiger charge is 2.07. The average Bonchev–Trinajstić information content (AvgIpc) is 2.20. The minimum absolute atomic E-state index is 0.206. The van der Waals surface area contributed by atoms with E-state index in [0.29, 0.717) is 12.2 Å². The van der Waals surface area contributed by atoms with Gasteiger partial charge in [-0.3, -0.25) is 0 Å². The summed E-state index contributed by atoms with van der Waals surface area (Å²) < 4.78 is 18.5. The highest BCUT2D eigenvalue weighted by atomic mass is 19.1. The predicted octanol–water partition coefficient (Wildman–Crippen LogP) is 2.83. The van der Waals surface area contributed by atoms with Crippen molar-refractivity contribution in [3.05, 3.63) is 41.7 Å². The Kier molecular flexibility index (Phi) is 4.31. The van der Waals surface area contributed by atoms with Crippen LogP contribution in [0.2, 0.25) is 0 Å². The van der Waals surface area contributed by atoms with E-state index in [4.69, 9.17) is 4.74 Å². The summed E-state index contributed by atoms with van der Waals surface area (Å²) in [4.78, 5) is 0. The number of allylic oxidation sites excluding steroid dienone is 1. The molecule has 0 radical (unpaired) electrons.